The van der Waals surface area contributed by atoms with Gasteiger partial charge >= 0.3 is 0 Å². The lowest BCUT2D eigenvalue weighted by atomic mass is 10.1. The summed E-state index contributed by atoms with van der Waals surface area (Å²) in [6, 6.07) is 3.83. The second-order valence-electron chi connectivity index (χ2n) is 5.40. The maximum Gasteiger partial charge on any atom is 0.205 e. The molecule has 2 heterocycles. The fourth-order valence-corrected chi connectivity index (χ4v) is 2.93. The molecule has 114 valence electrons. The Morgan fingerprint density at radius 1 is 1.24 bits per heavy atom. The van der Waals surface area contributed by atoms with Crippen LogP contribution in [0.1, 0.15) is 17.4 Å². The van der Waals surface area contributed by atoms with Gasteiger partial charge in [0.05, 0.1) is 17.6 Å². The molecule has 6 nitrogen and oxygen atoms in total. The standard InChI is InChI=1S/C14H17ClN2O4/c1-6-3-8-9(4-7(6)2)17(14(15)16-8)13-12(20)11(19)10(5-18)21-13/h3-4,10-13,18-20H,5H2,1-2H3. The van der Waals surface area contributed by atoms with Gasteiger partial charge in [-0.05, 0) is 48.7 Å². The third-order valence-corrected chi connectivity index (χ3v) is 4.30. The van der Waals surface area contributed by atoms with Crippen LogP contribution in [0.15, 0.2) is 12.1 Å². The van der Waals surface area contributed by atoms with Gasteiger partial charge in [-0.1, -0.05) is 0 Å². The van der Waals surface area contributed by atoms with Gasteiger partial charge < -0.3 is 20.1 Å². The minimum atomic E-state index is -1.18. The summed E-state index contributed by atoms with van der Waals surface area (Å²) in [6.45, 7) is 3.57. The van der Waals surface area contributed by atoms with Gasteiger partial charge in [-0.2, -0.15) is 0 Å². The van der Waals surface area contributed by atoms with E-state index in [0.29, 0.717) is 5.52 Å². The molecule has 1 aromatic carbocycles. The zero-order valence-corrected chi connectivity index (χ0v) is 12.4. The van der Waals surface area contributed by atoms with Crippen molar-refractivity contribution >= 4 is 22.6 Å². The molecular weight excluding hydrogens is 296 g/mol. The van der Waals surface area contributed by atoms with E-state index in [1.807, 2.05) is 26.0 Å². The Kier molecular flexibility index (Phi) is 3.67. The normalized spacial score (nSPS) is 29.4. The summed E-state index contributed by atoms with van der Waals surface area (Å²) in [5, 5.41) is 29.4. The van der Waals surface area contributed by atoms with Crippen LogP contribution in [-0.4, -0.2) is 49.8 Å². The van der Waals surface area contributed by atoms with E-state index in [1.165, 1.54) is 0 Å². The number of rotatable bonds is 2. The number of hydrogen-bond acceptors (Lipinski definition) is 5. The van der Waals surface area contributed by atoms with Crippen LogP contribution >= 0.6 is 11.6 Å². The Bertz CT molecular complexity index is 687. The average molecular weight is 313 g/mol. The van der Waals surface area contributed by atoms with E-state index >= 15 is 0 Å². The monoisotopic (exact) mass is 312 g/mol. The topological polar surface area (TPSA) is 87.7 Å². The van der Waals surface area contributed by atoms with E-state index in [0.717, 1.165) is 16.6 Å². The van der Waals surface area contributed by atoms with Gasteiger partial charge in [0.2, 0.25) is 5.28 Å². The average Bonchev–Trinajstić information content (AvgIpc) is 2.89. The maximum absolute atomic E-state index is 10.1. The highest BCUT2D eigenvalue weighted by Crippen LogP contribution is 2.35. The third kappa shape index (κ3) is 2.23. The number of aliphatic hydroxyl groups is 3. The van der Waals surface area contributed by atoms with Gasteiger partial charge in [0.15, 0.2) is 6.23 Å². The van der Waals surface area contributed by atoms with Crippen molar-refractivity contribution in [1.82, 2.24) is 9.55 Å². The summed E-state index contributed by atoms with van der Waals surface area (Å²) >= 11 is 6.17. The molecule has 3 rings (SSSR count). The van der Waals surface area contributed by atoms with Crippen LogP contribution in [0.3, 0.4) is 0 Å². The summed E-state index contributed by atoms with van der Waals surface area (Å²) in [5.74, 6) is 0. The fraction of sp³-hybridized carbons (Fsp3) is 0.500. The molecule has 7 heteroatoms. The van der Waals surface area contributed by atoms with Crippen LogP contribution in [0.5, 0.6) is 0 Å². The van der Waals surface area contributed by atoms with E-state index < -0.39 is 24.5 Å². The summed E-state index contributed by atoms with van der Waals surface area (Å²) < 4.78 is 7.08. The number of hydrogen-bond donors (Lipinski definition) is 3. The van der Waals surface area contributed by atoms with Crippen molar-refractivity contribution in [3.05, 3.63) is 28.5 Å². The van der Waals surface area contributed by atoms with Crippen molar-refractivity contribution in [1.29, 1.82) is 0 Å². The van der Waals surface area contributed by atoms with Crippen LogP contribution < -0.4 is 0 Å². The smallest absolute Gasteiger partial charge is 0.205 e. The van der Waals surface area contributed by atoms with E-state index in [1.54, 1.807) is 4.57 Å². The van der Waals surface area contributed by atoms with Gasteiger partial charge in [-0.15, -0.1) is 0 Å². The molecule has 4 unspecified atom stereocenters. The molecule has 3 N–H and O–H groups in total. The van der Waals surface area contributed by atoms with Gasteiger partial charge in [0, 0.05) is 0 Å². The van der Waals surface area contributed by atoms with E-state index in [2.05, 4.69) is 4.98 Å². The molecular formula is C14H17ClN2O4. The molecule has 1 saturated heterocycles. The van der Waals surface area contributed by atoms with Crippen LogP contribution in [-0.2, 0) is 4.74 Å². The molecule has 0 amide bonds. The number of ether oxygens (including phenoxy) is 1. The third-order valence-electron chi connectivity index (χ3n) is 4.03. The molecule has 0 saturated carbocycles. The predicted octanol–water partition coefficient (Wildman–Crippen LogP) is 0.918. The van der Waals surface area contributed by atoms with Crippen molar-refractivity contribution in [2.45, 2.75) is 38.4 Å². The Labute approximate surface area is 126 Å². The van der Waals surface area contributed by atoms with Gasteiger partial charge in [-0.3, -0.25) is 4.57 Å². The minimum absolute atomic E-state index is 0.171. The molecule has 0 spiro atoms. The Balaban J connectivity index is 2.12. The second kappa shape index (κ2) is 5.23. The first-order chi connectivity index (χ1) is 9.93. The molecule has 1 aliphatic heterocycles. The molecule has 4 atom stereocenters. The highest BCUT2D eigenvalue weighted by atomic mass is 35.5. The number of halogens is 1. The first kappa shape index (κ1) is 14.7. The number of aryl methyl sites for hydroxylation is 2. The van der Waals surface area contributed by atoms with Gasteiger partial charge in [0.25, 0.3) is 0 Å². The summed E-state index contributed by atoms with van der Waals surface area (Å²) in [7, 11) is 0. The zero-order chi connectivity index (χ0) is 15.3. The van der Waals surface area contributed by atoms with Crippen LogP contribution in [0.2, 0.25) is 5.28 Å². The number of fused-ring (bicyclic) bond motifs is 1. The first-order valence-electron chi connectivity index (χ1n) is 6.71. The van der Waals surface area contributed by atoms with E-state index in [9.17, 15) is 15.3 Å². The molecule has 0 aliphatic carbocycles. The molecule has 2 aromatic rings. The van der Waals surface area contributed by atoms with Crippen LogP contribution in [0.25, 0.3) is 11.0 Å². The molecule has 0 radical (unpaired) electrons. The number of benzene rings is 1. The number of imidazole rings is 1. The quantitative estimate of drug-likeness (QED) is 0.767. The van der Waals surface area contributed by atoms with E-state index in [4.69, 9.17) is 16.3 Å². The zero-order valence-electron chi connectivity index (χ0n) is 11.7. The highest BCUT2D eigenvalue weighted by molar-refractivity contribution is 6.29. The molecule has 1 fully saturated rings. The van der Waals surface area contributed by atoms with Crippen molar-refractivity contribution < 1.29 is 20.1 Å². The summed E-state index contributed by atoms with van der Waals surface area (Å²) in [6.07, 6.45) is -4.07. The number of nitrogens with zero attached hydrogens (tertiary/aromatic N) is 2. The van der Waals surface area contributed by atoms with Crippen LogP contribution in [0, 0.1) is 13.8 Å². The predicted molar refractivity (Wildman–Crippen MR) is 77.2 cm³/mol. The lowest BCUT2D eigenvalue weighted by Crippen LogP contribution is -2.33. The molecule has 0 bridgehead atoms. The Morgan fingerprint density at radius 3 is 2.52 bits per heavy atom. The molecule has 21 heavy (non-hydrogen) atoms. The van der Waals surface area contributed by atoms with Crippen molar-refractivity contribution in [3.8, 4) is 0 Å². The number of aliphatic hydroxyl groups excluding tert-OH is 3. The Morgan fingerprint density at radius 2 is 1.90 bits per heavy atom. The highest BCUT2D eigenvalue weighted by Gasteiger charge is 2.44. The molecule has 1 aromatic heterocycles. The SMILES string of the molecule is Cc1cc2nc(Cl)n(C3OC(CO)C(O)C3O)c2cc1C. The first-order valence-corrected chi connectivity index (χ1v) is 7.09. The second-order valence-corrected chi connectivity index (χ2v) is 5.74. The van der Waals surface area contributed by atoms with Gasteiger partial charge in [-0.25, -0.2) is 4.98 Å². The maximum atomic E-state index is 10.1. The van der Waals surface area contributed by atoms with Crippen LogP contribution in [0.4, 0.5) is 0 Å². The van der Waals surface area contributed by atoms with Crippen molar-refractivity contribution in [2.24, 2.45) is 0 Å². The lowest BCUT2D eigenvalue weighted by molar-refractivity contribution is -0.0507. The van der Waals surface area contributed by atoms with Crippen molar-refractivity contribution in [3.63, 3.8) is 0 Å². The van der Waals surface area contributed by atoms with Gasteiger partial charge in [0.1, 0.15) is 18.3 Å². The summed E-state index contributed by atoms with van der Waals surface area (Å²) in [5.41, 5.74) is 3.57. The largest absolute Gasteiger partial charge is 0.394 e. The Hall–Kier alpha value is -1.18. The lowest BCUT2D eigenvalue weighted by Gasteiger charge is -2.18. The minimum Gasteiger partial charge on any atom is -0.394 e. The van der Waals surface area contributed by atoms with Crippen molar-refractivity contribution in [2.75, 3.05) is 6.61 Å². The summed E-state index contributed by atoms with van der Waals surface area (Å²) in [4.78, 5) is 4.26. The molecule has 1 aliphatic rings. The fourth-order valence-electron chi connectivity index (χ4n) is 2.66. The number of aromatic nitrogens is 2. The van der Waals surface area contributed by atoms with E-state index in [-0.39, 0.29) is 11.9 Å².